The monoisotopic (exact) mass is 401 g/mol. The number of carbonyl (C=O) groups excluding carboxylic acids is 1. The minimum absolute atomic E-state index is 0.157. The van der Waals surface area contributed by atoms with E-state index in [0.717, 1.165) is 25.7 Å². The number of hydrogen-bond acceptors (Lipinski definition) is 1. The van der Waals surface area contributed by atoms with Crippen LogP contribution in [0.3, 0.4) is 0 Å². The van der Waals surface area contributed by atoms with Gasteiger partial charge in [-0.3, -0.25) is 4.79 Å². The molecule has 0 aromatic heterocycles. The molecule has 2 nitrogen and oxygen atoms in total. The minimum atomic E-state index is 0.157. The maximum atomic E-state index is 11.1. The standard InChI is InChI=1S/C27H47NO/c1-3-4-5-6-7-8-9-10-11-12-13-14-15-16-17-18-19-20-21-22-23-24-25-26-27(29)28-2/h3-14,19-26H2,1-2H3,(H,28,29). The third-order valence-corrected chi connectivity index (χ3v) is 5.38. The lowest BCUT2D eigenvalue weighted by atomic mass is 10.1. The lowest BCUT2D eigenvalue weighted by Crippen LogP contribution is -2.16. The summed E-state index contributed by atoms with van der Waals surface area (Å²) in [6.07, 6.45) is 24.9. The van der Waals surface area contributed by atoms with Gasteiger partial charge in [0.15, 0.2) is 0 Å². The highest BCUT2D eigenvalue weighted by molar-refractivity contribution is 5.75. The van der Waals surface area contributed by atoms with Crippen molar-refractivity contribution >= 4 is 5.91 Å². The van der Waals surface area contributed by atoms with Crippen LogP contribution in [0.15, 0.2) is 0 Å². The average Bonchev–Trinajstić information content (AvgIpc) is 2.74. The fraction of sp³-hybridized carbons (Fsp3) is 0.815. The van der Waals surface area contributed by atoms with E-state index in [2.05, 4.69) is 35.9 Å². The van der Waals surface area contributed by atoms with Crippen LogP contribution in [0.1, 0.15) is 135 Å². The Morgan fingerprint density at radius 3 is 1.38 bits per heavy atom. The SMILES string of the molecule is CCCCCCCCCCCCCC#CC#CCCCCCCCCC(=O)NC. The Hall–Kier alpha value is -1.41. The summed E-state index contributed by atoms with van der Waals surface area (Å²) in [5.74, 6) is 12.5. The smallest absolute Gasteiger partial charge is 0.219 e. The highest BCUT2D eigenvalue weighted by atomic mass is 16.1. The summed E-state index contributed by atoms with van der Waals surface area (Å²) in [6.45, 7) is 2.28. The van der Waals surface area contributed by atoms with Gasteiger partial charge in [0, 0.05) is 26.3 Å². The molecule has 0 fully saturated rings. The first kappa shape index (κ1) is 27.6. The van der Waals surface area contributed by atoms with Crippen LogP contribution in [0, 0.1) is 23.7 Å². The van der Waals surface area contributed by atoms with Crippen LogP contribution in [0.4, 0.5) is 0 Å². The first-order valence-corrected chi connectivity index (χ1v) is 12.5. The van der Waals surface area contributed by atoms with Crippen molar-refractivity contribution in [3.63, 3.8) is 0 Å². The van der Waals surface area contributed by atoms with Crippen LogP contribution in [0.25, 0.3) is 0 Å². The van der Waals surface area contributed by atoms with Gasteiger partial charge in [0.1, 0.15) is 0 Å². The first-order chi connectivity index (χ1) is 14.3. The molecule has 0 atom stereocenters. The summed E-state index contributed by atoms with van der Waals surface area (Å²) in [5, 5.41) is 2.66. The molecular weight excluding hydrogens is 354 g/mol. The van der Waals surface area contributed by atoms with Crippen molar-refractivity contribution in [1.82, 2.24) is 5.32 Å². The summed E-state index contributed by atoms with van der Waals surface area (Å²) < 4.78 is 0. The molecule has 0 aromatic carbocycles. The van der Waals surface area contributed by atoms with E-state index in [4.69, 9.17) is 0 Å². The Labute approximate surface area is 182 Å². The van der Waals surface area contributed by atoms with Gasteiger partial charge in [0.25, 0.3) is 0 Å². The highest BCUT2D eigenvalue weighted by Gasteiger charge is 1.97. The van der Waals surface area contributed by atoms with Crippen LogP contribution in [0.5, 0.6) is 0 Å². The Bertz CT molecular complexity index is 474. The maximum absolute atomic E-state index is 11.1. The Morgan fingerprint density at radius 1 is 0.586 bits per heavy atom. The van der Waals surface area contributed by atoms with E-state index in [1.54, 1.807) is 7.05 Å². The van der Waals surface area contributed by atoms with Crippen molar-refractivity contribution in [2.45, 2.75) is 135 Å². The maximum Gasteiger partial charge on any atom is 0.219 e. The largest absolute Gasteiger partial charge is 0.359 e. The van der Waals surface area contributed by atoms with Gasteiger partial charge in [-0.1, -0.05) is 109 Å². The quantitative estimate of drug-likeness (QED) is 0.175. The summed E-state index contributed by atoms with van der Waals surface area (Å²) >= 11 is 0. The molecule has 29 heavy (non-hydrogen) atoms. The van der Waals surface area contributed by atoms with Crippen LogP contribution in [-0.4, -0.2) is 13.0 Å². The Kier molecular flexibility index (Phi) is 23.4. The van der Waals surface area contributed by atoms with Crippen LogP contribution in [-0.2, 0) is 4.79 Å². The Balaban J connectivity index is 3.26. The van der Waals surface area contributed by atoms with Crippen molar-refractivity contribution in [1.29, 1.82) is 0 Å². The second-order valence-electron chi connectivity index (χ2n) is 8.18. The lowest BCUT2D eigenvalue weighted by molar-refractivity contribution is -0.120. The molecule has 1 amide bonds. The molecule has 0 heterocycles. The van der Waals surface area contributed by atoms with E-state index < -0.39 is 0 Å². The molecule has 0 rings (SSSR count). The van der Waals surface area contributed by atoms with Gasteiger partial charge in [0.2, 0.25) is 5.91 Å². The zero-order chi connectivity index (χ0) is 21.3. The van der Waals surface area contributed by atoms with Gasteiger partial charge >= 0.3 is 0 Å². The second kappa shape index (κ2) is 24.6. The number of rotatable bonds is 19. The molecule has 1 N–H and O–H groups in total. The van der Waals surface area contributed by atoms with E-state index in [1.807, 2.05) is 0 Å². The molecule has 0 aliphatic carbocycles. The third-order valence-electron chi connectivity index (χ3n) is 5.38. The van der Waals surface area contributed by atoms with Gasteiger partial charge in [-0.25, -0.2) is 0 Å². The number of unbranched alkanes of at least 4 members (excludes halogenated alkanes) is 17. The van der Waals surface area contributed by atoms with Gasteiger partial charge in [-0.05, 0) is 31.1 Å². The molecule has 0 aliphatic rings. The van der Waals surface area contributed by atoms with Crippen molar-refractivity contribution < 1.29 is 4.79 Å². The summed E-state index contributed by atoms with van der Waals surface area (Å²) in [7, 11) is 1.70. The molecular formula is C27H47NO. The lowest BCUT2D eigenvalue weighted by Gasteiger charge is -2.01. The number of hydrogen-bond donors (Lipinski definition) is 1. The number of carbonyl (C=O) groups is 1. The number of amides is 1. The van der Waals surface area contributed by atoms with Crippen molar-refractivity contribution in [2.24, 2.45) is 0 Å². The molecule has 0 radical (unpaired) electrons. The predicted octanol–water partition coefficient (Wildman–Crippen LogP) is 7.56. The van der Waals surface area contributed by atoms with E-state index in [-0.39, 0.29) is 5.91 Å². The normalized spacial score (nSPS) is 10.0. The molecule has 0 saturated carbocycles. The number of nitrogens with one attached hydrogen (secondary N) is 1. The van der Waals surface area contributed by atoms with Crippen molar-refractivity contribution in [3.05, 3.63) is 0 Å². The molecule has 0 aliphatic heterocycles. The van der Waals surface area contributed by atoms with Crippen LogP contribution >= 0.6 is 0 Å². The third kappa shape index (κ3) is 24.6. The van der Waals surface area contributed by atoms with Gasteiger partial charge < -0.3 is 5.32 Å². The summed E-state index contributed by atoms with van der Waals surface area (Å²) in [6, 6.07) is 0. The molecule has 166 valence electrons. The second-order valence-corrected chi connectivity index (χ2v) is 8.18. The van der Waals surface area contributed by atoms with E-state index in [9.17, 15) is 4.79 Å². The van der Waals surface area contributed by atoms with Gasteiger partial charge in [-0.2, -0.15) is 0 Å². The fourth-order valence-electron chi connectivity index (χ4n) is 3.42. The molecule has 0 bridgehead atoms. The summed E-state index contributed by atoms with van der Waals surface area (Å²) in [4.78, 5) is 11.1. The molecule has 2 heteroatoms. The summed E-state index contributed by atoms with van der Waals surface area (Å²) in [5.41, 5.74) is 0. The van der Waals surface area contributed by atoms with Gasteiger partial charge in [-0.15, -0.1) is 0 Å². The molecule has 0 aromatic rings. The molecule has 0 saturated heterocycles. The average molecular weight is 402 g/mol. The van der Waals surface area contributed by atoms with E-state index in [1.165, 1.54) is 96.3 Å². The van der Waals surface area contributed by atoms with Crippen LogP contribution in [0.2, 0.25) is 0 Å². The molecule has 0 spiro atoms. The highest BCUT2D eigenvalue weighted by Crippen LogP contribution is 2.11. The zero-order valence-corrected chi connectivity index (χ0v) is 19.6. The topological polar surface area (TPSA) is 29.1 Å². The van der Waals surface area contributed by atoms with Crippen molar-refractivity contribution in [2.75, 3.05) is 7.05 Å². The van der Waals surface area contributed by atoms with E-state index >= 15 is 0 Å². The minimum Gasteiger partial charge on any atom is -0.359 e. The zero-order valence-electron chi connectivity index (χ0n) is 19.6. The van der Waals surface area contributed by atoms with Gasteiger partial charge in [0.05, 0.1) is 0 Å². The van der Waals surface area contributed by atoms with Crippen LogP contribution < -0.4 is 5.32 Å². The van der Waals surface area contributed by atoms with Crippen molar-refractivity contribution in [3.8, 4) is 23.7 Å². The molecule has 0 unspecified atom stereocenters. The Morgan fingerprint density at radius 2 is 0.966 bits per heavy atom. The fourth-order valence-corrected chi connectivity index (χ4v) is 3.42. The van der Waals surface area contributed by atoms with E-state index in [0.29, 0.717) is 6.42 Å². The predicted molar refractivity (Wildman–Crippen MR) is 128 cm³/mol. The first-order valence-electron chi connectivity index (χ1n) is 12.5.